The summed E-state index contributed by atoms with van der Waals surface area (Å²) in [6.45, 7) is -0.446. The van der Waals surface area contributed by atoms with Crippen molar-refractivity contribution in [3.05, 3.63) is 33.1 Å². The van der Waals surface area contributed by atoms with E-state index >= 15 is 0 Å². The van der Waals surface area contributed by atoms with Gasteiger partial charge in [-0.1, -0.05) is 11.6 Å². The van der Waals surface area contributed by atoms with Gasteiger partial charge in [-0.3, -0.25) is 14.9 Å². The second kappa shape index (κ2) is 6.78. The number of aliphatic hydroxyl groups excluding tert-OH is 1. The van der Waals surface area contributed by atoms with Crippen LogP contribution in [0.5, 0.6) is 0 Å². The van der Waals surface area contributed by atoms with Gasteiger partial charge < -0.3 is 15.5 Å². The summed E-state index contributed by atoms with van der Waals surface area (Å²) in [5.74, 6) is -2.27. The third-order valence-corrected chi connectivity index (χ3v) is 2.60. The first-order valence-electron chi connectivity index (χ1n) is 5.31. The third-order valence-electron chi connectivity index (χ3n) is 2.30. The minimum absolute atomic E-state index is 0.207. The fourth-order valence-electron chi connectivity index (χ4n) is 1.32. The molecule has 1 aromatic heterocycles. The van der Waals surface area contributed by atoms with Crippen LogP contribution in [-0.2, 0) is 4.79 Å². The Kier molecular flexibility index (Phi) is 5.35. The highest BCUT2D eigenvalue weighted by Gasteiger charge is 2.23. The Labute approximate surface area is 117 Å². The summed E-state index contributed by atoms with van der Waals surface area (Å²) in [4.78, 5) is 36.0. The number of nitrogens with one attached hydrogen (secondary N) is 1. The first-order valence-corrected chi connectivity index (χ1v) is 5.69. The zero-order valence-corrected chi connectivity index (χ0v) is 10.7. The van der Waals surface area contributed by atoms with Gasteiger partial charge in [-0.2, -0.15) is 0 Å². The van der Waals surface area contributed by atoms with Crippen LogP contribution in [0.15, 0.2) is 12.3 Å². The van der Waals surface area contributed by atoms with Gasteiger partial charge in [0.25, 0.3) is 11.6 Å². The van der Waals surface area contributed by atoms with E-state index < -0.39 is 35.1 Å². The maximum atomic E-state index is 11.8. The number of carboxylic acid groups (broad SMARTS) is 1. The van der Waals surface area contributed by atoms with Crippen LogP contribution in [0.1, 0.15) is 16.8 Å². The molecule has 0 aliphatic heterocycles. The van der Waals surface area contributed by atoms with Gasteiger partial charge in [0.2, 0.25) is 0 Å². The van der Waals surface area contributed by atoms with Crippen LogP contribution in [0.3, 0.4) is 0 Å². The number of carbonyl (C=O) groups is 2. The van der Waals surface area contributed by atoms with E-state index in [1.807, 2.05) is 0 Å². The Morgan fingerprint density at radius 1 is 1.55 bits per heavy atom. The third kappa shape index (κ3) is 3.87. The molecular formula is C10H10ClN3O6. The molecule has 0 saturated carbocycles. The molecule has 1 rings (SSSR count). The molecule has 108 valence electrons. The van der Waals surface area contributed by atoms with Gasteiger partial charge in [0.1, 0.15) is 17.4 Å². The summed E-state index contributed by atoms with van der Waals surface area (Å²) in [5.41, 5.74) is -0.765. The topological polar surface area (TPSA) is 143 Å². The summed E-state index contributed by atoms with van der Waals surface area (Å²) in [5, 5.41) is 29.9. The maximum absolute atomic E-state index is 11.8. The summed E-state index contributed by atoms with van der Waals surface area (Å²) in [6, 6.07) is -0.439. The number of carboxylic acids is 1. The lowest BCUT2D eigenvalue weighted by molar-refractivity contribution is -0.385. The largest absolute Gasteiger partial charge is 0.480 e. The fraction of sp³-hybridized carbons (Fsp3) is 0.300. The van der Waals surface area contributed by atoms with E-state index in [4.69, 9.17) is 21.8 Å². The minimum atomic E-state index is -1.35. The van der Waals surface area contributed by atoms with Crippen molar-refractivity contribution < 1.29 is 24.7 Å². The molecule has 3 N–H and O–H groups in total. The molecule has 0 aliphatic rings. The molecule has 9 nitrogen and oxygen atoms in total. The van der Waals surface area contributed by atoms with E-state index in [9.17, 15) is 19.7 Å². The first kappa shape index (κ1) is 15.8. The van der Waals surface area contributed by atoms with Gasteiger partial charge in [-0.05, 0) is 0 Å². The quantitative estimate of drug-likeness (QED) is 0.387. The molecule has 0 saturated heterocycles. The molecule has 1 aromatic rings. The Hall–Kier alpha value is -2.26. The van der Waals surface area contributed by atoms with Crippen LogP contribution in [0, 0.1) is 10.1 Å². The normalized spacial score (nSPS) is 11.7. The number of aliphatic hydroxyl groups is 1. The van der Waals surface area contributed by atoms with E-state index in [1.165, 1.54) is 0 Å². The van der Waals surface area contributed by atoms with Crippen LogP contribution < -0.4 is 5.32 Å². The number of nitro groups is 1. The highest BCUT2D eigenvalue weighted by atomic mass is 35.5. The van der Waals surface area contributed by atoms with E-state index in [2.05, 4.69) is 10.3 Å². The number of hydrogen-bond donors (Lipinski definition) is 3. The number of hydrogen-bond acceptors (Lipinski definition) is 6. The average Bonchev–Trinajstić information content (AvgIpc) is 2.38. The van der Waals surface area contributed by atoms with Crippen molar-refractivity contribution in [2.75, 3.05) is 6.61 Å². The molecule has 20 heavy (non-hydrogen) atoms. The van der Waals surface area contributed by atoms with Gasteiger partial charge in [-0.15, -0.1) is 0 Å². The molecule has 10 heteroatoms. The highest BCUT2D eigenvalue weighted by Crippen LogP contribution is 2.19. The van der Waals surface area contributed by atoms with Crippen LogP contribution in [-0.4, -0.2) is 44.6 Å². The van der Waals surface area contributed by atoms with E-state index in [0.29, 0.717) is 0 Å². The molecule has 0 unspecified atom stereocenters. The molecule has 0 bridgehead atoms. The molecular weight excluding hydrogens is 294 g/mol. The van der Waals surface area contributed by atoms with Crippen LogP contribution >= 0.6 is 11.6 Å². The predicted molar refractivity (Wildman–Crippen MR) is 66.5 cm³/mol. The zero-order valence-electron chi connectivity index (χ0n) is 9.95. The molecule has 0 aliphatic carbocycles. The lowest BCUT2D eigenvalue weighted by atomic mass is 10.2. The van der Waals surface area contributed by atoms with Crippen molar-refractivity contribution in [3.8, 4) is 0 Å². The second-order valence-electron chi connectivity index (χ2n) is 3.67. The van der Waals surface area contributed by atoms with E-state index in [0.717, 1.165) is 12.3 Å². The first-order chi connectivity index (χ1) is 9.36. The number of halogens is 1. The van der Waals surface area contributed by atoms with Gasteiger partial charge in [0.15, 0.2) is 0 Å². The molecule has 1 atom stereocenters. The lowest BCUT2D eigenvalue weighted by Crippen LogP contribution is -2.41. The summed E-state index contributed by atoms with van der Waals surface area (Å²) in [6.07, 6.45) is 0.669. The number of aromatic nitrogens is 1. The Balaban J connectivity index is 2.99. The molecule has 0 fully saturated rings. The molecule has 0 radical (unpaired) electrons. The van der Waals surface area contributed by atoms with E-state index in [-0.39, 0.29) is 17.1 Å². The monoisotopic (exact) mass is 303 g/mol. The van der Waals surface area contributed by atoms with E-state index in [1.54, 1.807) is 0 Å². The Bertz CT molecular complexity index is 550. The smallest absolute Gasteiger partial charge is 0.326 e. The minimum Gasteiger partial charge on any atom is -0.480 e. The second-order valence-corrected chi connectivity index (χ2v) is 4.02. The van der Waals surface area contributed by atoms with Crippen LogP contribution in [0.4, 0.5) is 5.69 Å². The molecule has 0 aromatic carbocycles. The Morgan fingerprint density at radius 2 is 2.20 bits per heavy atom. The number of rotatable bonds is 6. The Morgan fingerprint density at radius 3 is 2.70 bits per heavy atom. The van der Waals surface area contributed by atoms with Gasteiger partial charge in [0, 0.05) is 19.1 Å². The molecule has 1 amide bonds. The van der Waals surface area contributed by atoms with Crippen LogP contribution in [0.25, 0.3) is 0 Å². The standard InChI is InChI=1S/C10H10ClN3O6/c11-8-6(3-5(4-12-8)14(19)20)9(16)13-7(1-2-15)10(17)18/h3-4,7,15H,1-2H2,(H,13,16)(H,17,18)/t7-/m1/s1. The van der Waals surface area contributed by atoms with Crippen molar-refractivity contribution in [2.24, 2.45) is 0 Å². The molecule has 0 spiro atoms. The van der Waals surface area contributed by atoms with Crippen molar-refractivity contribution in [1.29, 1.82) is 0 Å². The summed E-state index contributed by atoms with van der Waals surface area (Å²) in [7, 11) is 0. The molecule has 1 heterocycles. The average molecular weight is 304 g/mol. The highest BCUT2D eigenvalue weighted by molar-refractivity contribution is 6.32. The van der Waals surface area contributed by atoms with Crippen molar-refractivity contribution in [1.82, 2.24) is 10.3 Å². The lowest BCUT2D eigenvalue weighted by Gasteiger charge is -2.13. The van der Waals surface area contributed by atoms with Crippen LogP contribution in [0.2, 0.25) is 5.15 Å². The van der Waals surface area contributed by atoms with Crippen molar-refractivity contribution in [3.63, 3.8) is 0 Å². The number of aliphatic carboxylic acids is 1. The number of carbonyl (C=O) groups excluding carboxylic acids is 1. The summed E-state index contributed by atoms with van der Waals surface area (Å²) >= 11 is 5.64. The zero-order chi connectivity index (χ0) is 15.3. The van der Waals surface area contributed by atoms with Gasteiger partial charge >= 0.3 is 5.97 Å². The fourth-order valence-corrected chi connectivity index (χ4v) is 1.51. The van der Waals surface area contributed by atoms with Crippen molar-refractivity contribution in [2.45, 2.75) is 12.5 Å². The predicted octanol–water partition coefficient (Wildman–Crippen LogP) is 0.209. The SMILES string of the molecule is O=C(N[C@H](CCO)C(=O)O)c1cc([N+](=O)[O-])cnc1Cl. The maximum Gasteiger partial charge on any atom is 0.326 e. The summed E-state index contributed by atoms with van der Waals surface area (Å²) < 4.78 is 0. The number of amides is 1. The number of nitrogens with zero attached hydrogens (tertiary/aromatic N) is 2. The van der Waals surface area contributed by atoms with Gasteiger partial charge in [0.05, 0.1) is 10.5 Å². The van der Waals surface area contributed by atoms with Gasteiger partial charge in [-0.25, -0.2) is 9.78 Å². The number of pyridine rings is 1. The van der Waals surface area contributed by atoms with Crippen molar-refractivity contribution >= 4 is 29.2 Å².